The van der Waals surface area contributed by atoms with E-state index in [0.717, 1.165) is 37.8 Å². The largest absolute Gasteiger partial charge is 0.492 e. The Hall–Kier alpha value is -3.62. The van der Waals surface area contributed by atoms with Gasteiger partial charge in [-0.3, -0.25) is 0 Å². The van der Waals surface area contributed by atoms with Crippen molar-refractivity contribution in [2.45, 2.75) is 42.9 Å². The highest BCUT2D eigenvalue weighted by Gasteiger charge is 2.44. The van der Waals surface area contributed by atoms with Crippen molar-refractivity contribution in [2.75, 3.05) is 17.7 Å². The van der Waals surface area contributed by atoms with Gasteiger partial charge in [0.2, 0.25) is 0 Å². The van der Waals surface area contributed by atoms with Crippen LogP contribution in [0.15, 0.2) is 59.8 Å². The average molecular weight is 586 g/mol. The summed E-state index contributed by atoms with van der Waals surface area (Å²) in [5, 5.41) is 6.64. The first-order valence-electron chi connectivity index (χ1n) is 11.6. The lowest BCUT2D eigenvalue weighted by atomic mass is 10.2. The number of rotatable bonds is 9. The molecule has 3 aromatic rings. The second-order valence-electron chi connectivity index (χ2n) is 8.52. The Morgan fingerprint density at radius 2 is 1.67 bits per heavy atom. The molecule has 4 rings (SSSR count). The van der Waals surface area contributed by atoms with Crippen LogP contribution in [-0.4, -0.2) is 48.2 Å². The van der Waals surface area contributed by atoms with Gasteiger partial charge in [0, 0.05) is 23.8 Å². The van der Waals surface area contributed by atoms with Gasteiger partial charge in [0.15, 0.2) is 0 Å². The molecule has 0 spiro atoms. The molecule has 0 radical (unpaired) electrons. The van der Waals surface area contributed by atoms with Crippen molar-refractivity contribution in [1.82, 2.24) is 14.4 Å². The zero-order valence-corrected chi connectivity index (χ0v) is 22.0. The predicted octanol–water partition coefficient (Wildman–Crippen LogP) is 5.58. The molecule has 0 saturated heterocycles. The fourth-order valence-electron chi connectivity index (χ4n) is 3.73. The molecule has 2 aromatic carbocycles. The van der Waals surface area contributed by atoms with Crippen LogP contribution < -0.4 is 15.4 Å². The van der Waals surface area contributed by atoms with Gasteiger partial charge in [-0.2, -0.15) is 13.2 Å². The van der Waals surface area contributed by atoms with Crippen LogP contribution in [-0.2, 0) is 19.7 Å². The zero-order valence-electron chi connectivity index (χ0n) is 20.4. The maximum atomic E-state index is 12.9. The number of hydrogen-bond donors (Lipinski definition) is 2. The Morgan fingerprint density at radius 1 is 1.03 bits per heavy atom. The Balaban J connectivity index is 1.62. The second-order valence-corrected chi connectivity index (χ2v) is 10.9. The van der Waals surface area contributed by atoms with Gasteiger partial charge < -0.3 is 20.2 Å². The van der Waals surface area contributed by atoms with Crippen molar-refractivity contribution < 1.29 is 36.0 Å². The molecule has 1 aliphatic carbocycles. The van der Waals surface area contributed by atoms with Crippen LogP contribution in [0.4, 0.5) is 36.2 Å². The Kier molecular flexibility index (Phi) is 8.47. The van der Waals surface area contributed by atoms with E-state index in [-0.39, 0.29) is 22.1 Å². The Labute approximate surface area is 227 Å². The molecule has 1 aliphatic rings. The van der Waals surface area contributed by atoms with Crippen LogP contribution in [0.3, 0.4) is 0 Å². The number of halogens is 4. The monoisotopic (exact) mass is 585 g/mol. The van der Waals surface area contributed by atoms with Gasteiger partial charge in [-0.25, -0.2) is 23.2 Å². The number of nitrogens with one attached hydrogen (secondary N) is 2. The molecule has 2 N–H and O–H groups in total. The molecule has 10 nitrogen and oxygen atoms in total. The van der Waals surface area contributed by atoms with Crippen LogP contribution in [0.5, 0.6) is 5.75 Å². The van der Waals surface area contributed by atoms with E-state index in [1.54, 1.807) is 30.3 Å². The third kappa shape index (κ3) is 7.28. The number of carbonyl (C=O) groups is 1. The Bertz CT molecular complexity index is 1430. The molecule has 15 heteroatoms. The number of nitrogens with zero attached hydrogens (tertiary/aromatic N) is 3. The minimum absolute atomic E-state index is 0.0871. The zero-order chi connectivity index (χ0) is 28.2. The van der Waals surface area contributed by atoms with Crippen molar-refractivity contribution in [3.8, 4) is 5.75 Å². The van der Waals surface area contributed by atoms with Gasteiger partial charge in [-0.05, 0) is 72.6 Å². The van der Waals surface area contributed by atoms with Crippen molar-refractivity contribution in [3.63, 3.8) is 0 Å². The predicted molar refractivity (Wildman–Crippen MR) is 136 cm³/mol. The summed E-state index contributed by atoms with van der Waals surface area (Å²) in [6.07, 6.45) is -0.572. The van der Waals surface area contributed by atoms with Crippen molar-refractivity contribution in [2.24, 2.45) is 0 Å². The molecular weight excluding hydrogens is 563 g/mol. The quantitative estimate of drug-likeness (QED) is 0.310. The Morgan fingerprint density at radius 3 is 2.31 bits per heavy atom. The summed E-state index contributed by atoms with van der Waals surface area (Å²) in [5.41, 5.74) is 0.883. The number of hydroxylamine groups is 1. The molecule has 39 heavy (non-hydrogen) atoms. The number of hydrogen-bond acceptors (Lipinski definition) is 9. The third-order valence-electron chi connectivity index (χ3n) is 5.67. The highest BCUT2D eigenvalue weighted by atomic mass is 35.5. The van der Waals surface area contributed by atoms with Gasteiger partial charge in [-0.1, -0.05) is 11.6 Å². The molecule has 1 fully saturated rings. The molecule has 0 atom stereocenters. The minimum Gasteiger partial charge on any atom is -0.488 e. The number of alkyl halides is 3. The van der Waals surface area contributed by atoms with Crippen molar-refractivity contribution >= 4 is 50.6 Å². The lowest BCUT2D eigenvalue weighted by Gasteiger charge is -2.20. The van der Waals surface area contributed by atoms with E-state index in [2.05, 4.69) is 25.4 Å². The summed E-state index contributed by atoms with van der Waals surface area (Å²) >= 11 is 5.92. The smallest absolute Gasteiger partial charge is 0.488 e. The summed E-state index contributed by atoms with van der Waals surface area (Å²) < 4.78 is 69.5. The molecule has 1 heterocycles. The van der Waals surface area contributed by atoms with Gasteiger partial charge in [0.1, 0.15) is 23.7 Å². The fraction of sp³-hybridized carbons (Fsp3) is 0.292. The first kappa shape index (κ1) is 28.4. The van der Waals surface area contributed by atoms with E-state index in [0.29, 0.717) is 29.3 Å². The van der Waals surface area contributed by atoms with Gasteiger partial charge in [0.05, 0.1) is 16.7 Å². The summed E-state index contributed by atoms with van der Waals surface area (Å²) in [6.45, 7) is 0. The van der Waals surface area contributed by atoms with Crippen LogP contribution in [0, 0.1) is 0 Å². The number of ether oxygens (including phenoxy) is 1. The SMILES string of the molecule is CN(OC(=O)C(F)(F)F)S(=O)(=O)c1ccc(OC2CCCC2)c(Nc2cc(Nc3ccc(Cl)cc3)ncn2)c1. The average Bonchev–Trinajstić information content (AvgIpc) is 3.39. The lowest BCUT2D eigenvalue weighted by Crippen LogP contribution is -2.36. The first-order valence-corrected chi connectivity index (χ1v) is 13.4. The van der Waals surface area contributed by atoms with Crippen molar-refractivity contribution in [3.05, 3.63) is 59.9 Å². The molecule has 0 aliphatic heterocycles. The van der Waals surface area contributed by atoms with Gasteiger partial charge in [0.25, 0.3) is 10.0 Å². The third-order valence-corrected chi connectivity index (χ3v) is 7.53. The van der Waals surface area contributed by atoms with Crippen LogP contribution in [0.1, 0.15) is 25.7 Å². The van der Waals surface area contributed by atoms with Crippen LogP contribution in [0.25, 0.3) is 0 Å². The summed E-state index contributed by atoms with van der Waals surface area (Å²) in [6, 6.07) is 12.1. The van der Waals surface area contributed by atoms with E-state index in [1.807, 2.05) is 0 Å². The minimum atomic E-state index is -5.37. The van der Waals surface area contributed by atoms with E-state index in [9.17, 15) is 26.4 Å². The number of carbonyl (C=O) groups excluding carboxylic acids is 1. The number of aromatic nitrogens is 2. The highest BCUT2D eigenvalue weighted by molar-refractivity contribution is 7.89. The van der Waals surface area contributed by atoms with E-state index >= 15 is 0 Å². The molecule has 0 bridgehead atoms. The lowest BCUT2D eigenvalue weighted by molar-refractivity contribution is -0.219. The molecular formula is C24H23ClF3N5O5S. The summed E-state index contributed by atoms with van der Waals surface area (Å²) in [4.78, 5) is 23.1. The summed E-state index contributed by atoms with van der Waals surface area (Å²) in [7, 11) is -3.98. The first-order chi connectivity index (χ1) is 18.4. The second kappa shape index (κ2) is 11.6. The van der Waals surface area contributed by atoms with Gasteiger partial charge in [-0.15, -0.1) is 0 Å². The molecule has 1 aromatic heterocycles. The van der Waals surface area contributed by atoms with E-state index < -0.39 is 27.1 Å². The molecule has 1 saturated carbocycles. The molecule has 0 unspecified atom stereocenters. The summed E-state index contributed by atoms with van der Waals surface area (Å²) in [5.74, 6) is -1.68. The topological polar surface area (TPSA) is 123 Å². The van der Waals surface area contributed by atoms with Crippen LogP contribution >= 0.6 is 11.6 Å². The number of benzene rings is 2. The van der Waals surface area contributed by atoms with Crippen molar-refractivity contribution in [1.29, 1.82) is 0 Å². The standard InChI is InChI=1S/C24H23ClF3N5O5S/c1-33(38-23(34)24(26,27)28)39(35,36)18-10-11-20(37-17-4-2-3-5-17)19(12-18)32-22-13-21(29-14-30-22)31-16-8-6-15(25)7-9-16/h6-14,17H,2-5H2,1H3,(H2,29,30,31,32). The number of anilines is 4. The maximum absolute atomic E-state index is 12.9. The number of sulfonamides is 1. The normalized spacial score (nSPS) is 14.3. The van der Waals surface area contributed by atoms with E-state index in [4.69, 9.17) is 16.3 Å². The molecule has 208 valence electrons. The van der Waals surface area contributed by atoms with Gasteiger partial charge >= 0.3 is 12.1 Å². The highest BCUT2D eigenvalue weighted by Crippen LogP contribution is 2.35. The van der Waals surface area contributed by atoms with E-state index in [1.165, 1.54) is 12.4 Å². The van der Waals surface area contributed by atoms with Crippen LogP contribution in [0.2, 0.25) is 5.02 Å². The molecule has 0 amide bonds. The fourth-order valence-corrected chi connectivity index (χ4v) is 4.83. The maximum Gasteiger partial charge on any atom is 0.492 e.